The maximum absolute atomic E-state index is 13.1. The summed E-state index contributed by atoms with van der Waals surface area (Å²) in [5.74, 6) is 0. The summed E-state index contributed by atoms with van der Waals surface area (Å²) in [5.41, 5.74) is -0.436. The second kappa shape index (κ2) is 5.59. The molecule has 0 radical (unpaired) electrons. The van der Waals surface area contributed by atoms with Crippen molar-refractivity contribution in [2.24, 2.45) is 0 Å². The van der Waals surface area contributed by atoms with Gasteiger partial charge >= 0.3 is 6.18 Å². The number of rotatable bonds is 2. The van der Waals surface area contributed by atoms with Gasteiger partial charge in [0.25, 0.3) is 0 Å². The molecule has 0 amide bonds. The highest BCUT2D eigenvalue weighted by Gasteiger charge is 2.35. The highest BCUT2D eigenvalue weighted by atomic mass is 35.5. The molecule has 2 rings (SSSR count). The van der Waals surface area contributed by atoms with Crippen LogP contribution in [0.3, 0.4) is 0 Å². The number of anilines is 1. The lowest BCUT2D eigenvalue weighted by molar-refractivity contribution is -0.137. The quantitative estimate of drug-likeness (QED) is 0.897. The van der Waals surface area contributed by atoms with Crippen molar-refractivity contribution in [1.29, 1.82) is 0 Å². The molecule has 1 heterocycles. The molecule has 1 atom stereocenters. The van der Waals surface area contributed by atoms with E-state index in [1.165, 1.54) is 12.1 Å². The van der Waals surface area contributed by atoms with Crippen LogP contribution < -0.4 is 10.2 Å². The molecule has 0 aromatic heterocycles. The number of nitrogens with one attached hydrogen (secondary N) is 1. The van der Waals surface area contributed by atoms with Crippen LogP contribution in [0.2, 0.25) is 5.02 Å². The maximum atomic E-state index is 13.1. The Morgan fingerprint density at radius 3 is 2.79 bits per heavy atom. The average molecular weight is 293 g/mol. The lowest BCUT2D eigenvalue weighted by atomic mass is 10.1. The highest BCUT2D eigenvalue weighted by Crippen LogP contribution is 2.38. The lowest BCUT2D eigenvalue weighted by Crippen LogP contribution is -2.50. The van der Waals surface area contributed by atoms with E-state index >= 15 is 0 Å². The molecular formula is C13H16ClF3N2. The molecule has 19 heavy (non-hydrogen) atoms. The highest BCUT2D eigenvalue weighted by molar-refractivity contribution is 6.30. The van der Waals surface area contributed by atoms with Gasteiger partial charge in [0.2, 0.25) is 0 Å². The van der Waals surface area contributed by atoms with E-state index in [-0.39, 0.29) is 16.8 Å². The van der Waals surface area contributed by atoms with E-state index < -0.39 is 11.7 Å². The lowest BCUT2D eigenvalue weighted by Gasteiger charge is -2.36. The fraction of sp³-hybridized carbons (Fsp3) is 0.538. The van der Waals surface area contributed by atoms with Gasteiger partial charge in [0.05, 0.1) is 5.56 Å². The van der Waals surface area contributed by atoms with Gasteiger partial charge in [-0.25, -0.2) is 0 Å². The second-order valence-corrected chi connectivity index (χ2v) is 5.10. The Kier molecular flexibility index (Phi) is 4.26. The number of alkyl halides is 3. The van der Waals surface area contributed by atoms with Crippen molar-refractivity contribution in [3.05, 3.63) is 28.8 Å². The molecule has 1 saturated heterocycles. The molecule has 1 aliphatic rings. The van der Waals surface area contributed by atoms with Gasteiger partial charge in [-0.3, -0.25) is 0 Å². The first kappa shape index (κ1) is 14.5. The Labute approximate surface area is 115 Å². The summed E-state index contributed by atoms with van der Waals surface area (Å²) >= 11 is 5.69. The van der Waals surface area contributed by atoms with Gasteiger partial charge in [-0.05, 0) is 24.6 Å². The van der Waals surface area contributed by atoms with E-state index in [1.54, 1.807) is 4.90 Å². The first-order valence-corrected chi connectivity index (χ1v) is 6.64. The first-order valence-electron chi connectivity index (χ1n) is 6.27. The summed E-state index contributed by atoms with van der Waals surface area (Å²) in [4.78, 5) is 1.78. The molecule has 106 valence electrons. The molecule has 0 saturated carbocycles. The zero-order chi connectivity index (χ0) is 14.0. The third kappa shape index (κ3) is 3.34. The van der Waals surface area contributed by atoms with Gasteiger partial charge in [-0.2, -0.15) is 13.2 Å². The minimum Gasteiger partial charge on any atom is -0.368 e. The summed E-state index contributed by atoms with van der Waals surface area (Å²) < 4.78 is 39.2. The summed E-state index contributed by atoms with van der Waals surface area (Å²) in [6.45, 7) is 3.87. The van der Waals surface area contributed by atoms with E-state index in [9.17, 15) is 13.2 Å². The first-order chi connectivity index (χ1) is 8.91. The van der Waals surface area contributed by atoms with E-state index in [2.05, 4.69) is 5.32 Å². The fourth-order valence-electron chi connectivity index (χ4n) is 2.33. The largest absolute Gasteiger partial charge is 0.418 e. The fourth-order valence-corrected chi connectivity index (χ4v) is 2.50. The van der Waals surface area contributed by atoms with Crippen LogP contribution in [0.4, 0.5) is 18.9 Å². The van der Waals surface area contributed by atoms with Crippen LogP contribution in [-0.2, 0) is 6.18 Å². The topological polar surface area (TPSA) is 15.3 Å². The number of hydrogen-bond acceptors (Lipinski definition) is 2. The molecular weight excluding hydrogens is 277 g/mol. The molecule has 0 aliphatic carbocycles. The number of halogens is 4. The predicted octanol–water partition coefficient (Wildman–Crippen LogP) is 3.55. The monoisotopic (exact) mass is 292 g/mol. The second-order valence-electron chi connectivity index (χ2n) is 4.66. The Hall–Kier alpha value is -0.940. The van der Waals surface area contributed by atoms with Crippen molar-refractivity contribution in [3.63, 3.8) is 0 Å². The molecule has 2 nitrogen and oxygen atoms in total. The Morgan fingerprint density at radius 2 is 2.16 bits per heavy atom. The van der Waals surface area contributed by atoms with Gasteiger partial charge in [-0.1, -0.05) is 18.5 Å². The van der Waals surface area contributed by atoms with E-state index in [4.69, 9.17) is 11.6 Å². The zero-order valence-electron chi connectivity index (χ0n) is 10.6. The maximum Gasteiger partial charge on any atom is 0.418 e. The molecule has 1 N–H and O–H groups in total. The van der Waals surface area contributed by atoms with Crippen molar-refractivity contribution in [3.8, 4) is 0 Å². The molecule has 0 spiro atoms. The van der Waals surface area contributed by atoms with Gasteiger partial charge in [0.15, 0.2) is 0 Å². The minimum atomic E-state index is -4.38. The third-order valence-corrected chi connectivity index (χ3v) is 3.59. The normalized spacial score (nSPS) is 20.7. The predicted molar refractivity (Wildman–Crippen MR) is 70.7 cm³/mol. The van der Waals surface area contributed by atoms with Crippen molar-refractivity contribution in [2.75, 3.05) is 24.5 Å². The minimum absolute atomic E-state index is 0.109. The van der Waals surface area contributed by atoms with Crippen LogP contribution in [0.1, 0.15) is 18.9 Å². The summed E-state index contributed by atoms with van der Waals surface area (Å²) in [6, 6.07) is 4.20. The molecule has 1 aliphatic heterocycles. The zero-order valence-corrected chi connectivity index (χ0v) is 11.4. The van der Waals surface area contributed by atoms with Crippen LogP contribution in [0, 0.1) is 0 Å². The van der Waals surface area contributed by atoms with Crippen LogP contribution >= 0.6 is 11.6 Å². The van der Waals surface area contributed by atoms with E-state index in [0.29, 0.717) is 19.6 Å². The Morgan fingerprint density at radius 1 is 1.42 bits per heavy atom. The average Bonchev–Trinajstić information content (AvgIpc) is 2.37. The van der Waals surface area contributed by atoms with E-state index in [1.807, 2.05) is 6.92 Å². The summed E-state index contributed by atoms with van der Waals surface area (Å²) in [6.07, 6.45) is -3.49. The number of benzene rings is 1. The molecule has 1 fully saturated rings. The molecule has 1 unspecified atom stereocenters. The van der Waals surface area contributed by atoms with Crippen molar-refractivity contribution < 1.29 is 13.2 Å². The van der Waals surface area contributed by atoms with Crippen molar-refractivity contribution in [2.45, 2.75) is 25.6 Å². The van der Waals surface area contributed by atoms with Gasteiger partial charge in [-0.15, -0.1) is 0 Å². The van der Waals surface area contributed by atoms with Gasteiger partial charge in [0.1, 0.15) is 0 Å². The number of hydrogen-bond donors (Lipinski definition) is 1. The van der Waals surface area contributed by atoms with Gasteiger partial charge in [0, 0.05) is 36.4 Å². The van der Waals surface area contributed by atoms with Gasteiger partial charge < -0.3 is 10.2 Å². The van der Waals surface area contributed by atoms with Crippen LogP contribution in [0.25, 0.3) is 0 Å². The summed E-state index contributed by atoms with van der Waals surface area (Å²) in [7, 11) is 0. The Bertz CT molecular complexity index is 448. The molecule has 6 heteroatoms. The van der Waals surface area contributed by atoms with Crippen molar-refractivity contribution in [1.82, 2.24) is 5.32 Å². The number of piperazine rings is 1. The molecule has 1 aromatic carbocycles. The SMILES string of the molecule is CCC1CN(c2ccc(Cl)cc2C(F)(F)F)CCN1. The number of nitrogens with zero attached hydrogens (tertiary/aromatic N) is 1. The van der Waals surface area contributed by atoms with Crippen LogP contribution in [-0.4, -0.2) is 25.7 Å². The Balaban J connectivity index is 2.33. The third-order valence-electron chi connectivity index (χ3n) is 3.35. The van der Waals surface area contributed by atoms with Crippen molar-refractivity contribution >= 4 is 17.3 Å². The molecule has 0 bridgehead atoms. The standard InChI is InChI=1S/C13H16ClF3N2/c1-2-10-8-19(6-5-18-10)12-4-3-9(14)7-11(12)13(15,16)17/h3-4,7,10,18H,2,5-6,8H2,1H3. The van der Waals surface area contributed by atoms with E-state index in [0.717, 1.165) is 12.5 Å². The smallest absolute Gasteiger partial charge is 0.368 e. The summed E-state index contributed by atoms with van der Waals surface area (Å²) in [5, 5.41) is 3.40. The van der Waals surface area contributed by atoms with Crippen LogP contribution in [0.5, 0.6) is 0 Å². The molecule has 1 aromatic rings. The van der Waals surface area contributed by atoms with Crippen LogP contribution in [0.15, 0.2) is 18.2 Å².